The largest absolute Gasteiger partial charge is 0.367 e. The molecule has 1 aliphatic heterocycles. The van der Waals surface area contributed by atoms with Crippen molar-refractivity contribution in [1.82, 2.24) is 5.32 Å². The van der Waals surface area contributed by atoms with Gasteiger partial charge in [0, 0.05) is 0 Å². The van der Waals surface area contributed by atoms with Crippen LogP contribution in [0.3, 0.4) is 0 Å². The van der Waals surface area contributed by atoms with E-state index >= 15 is 0 Å². The molecule has 1 heterocycles. The molecule has 8 heavy (non-hydrogen) atoms. The van der Waals surface area contributed by atoms with E-state index in [0.717, 1.165) is 0 Å². The Kier molecular flexibility index (Phi) is 1.34. The number of hydrogen-bond acceptors (Lipinski definition) is 2. The molecule has 0 aliphatic carbocycles. The highest BCUT2D eigenvalue weighted by Gasteiger charge is 1.99. The minimum atomic E-state index is 0.590. The lowest BCUT2D eigenvalue weighted by Gasteiger charge is -2.02. The minimum absolute atomic E-state index is 0.590. The molecule has 0 aromatic rings. The van der Waals surface area contributed by atoms with Crippen LogP contribution in [0.25, 0.3) is 0 Å². The van der Waals surface area contributed by atoms with E-state index in [9.17, 15) is 0 Å². The summed E-state index contributed by atoms with van der Waals surface area (Å²) < 4.78 is 0. The molecule has 1 rings (SSSR count). The van der Waals surface area contributed by atoms with Crippen molar-refractivity contribution < 1.29 is 0 Å². The molecular formula is C6H5N2. The molecule has 0 amide bonds. The molecule has 0 aromatic heterocycles. The van der Waals surface area contributed by atoms with Crippen molar-refractivity contribution in [1.29, 1.82) is 5.26 Å². The van der Waals surface area contributed by atoms with Gasteiger partial charge in [-0.05, 0) is 18.4 Å². The van der Waals surface area contributed by atoms with E-state index < -0.39 is 0 Å². The van der Waals surface area contributed by atoms with Gasteiger partial charge < -0.3 is 5.32 Å². The Balaban J connectivity index is 2.55. The summed E-state index contributed by atoms with van der Waals surface area (Å²) in [7, 11) is 0. The quantitative estimate of drug-likeness (QED) is 0.492. The summed E-state index contributed by atoms with van der Waals surface area (Å²) in [6.45, 7) is 0. The molecule has 0 aromatic carbocycles. The molecule has 0 bridgehead atoms. The van der Waals surface area contributed by atoms with Crippen molar-refractivity contribution in [2.75, 3.05) is 0 Å². The first-order valence-electron chi connectivity index (χ1n) is 2.30. The Labute approximate surface area is 48.1 Å². The van der Waals surface area contributed by atoms with Gasteiger partial charge in [-0.25, -0.2) is 0 Å². The van der Waals surface area contributed by atoms with Crippen molar-refractivity contribution in [3.05, 3.63) is 30.5 Å². The van der Waals surface area contributed by atoms with Crippen LogP contribution in [0.2, 0.25) is 0 Å². The predicted molar refractivity (Wildman–Crippen MR) is 30.3 cm³/mol. The fourth-order valence-corrected chi connectivity index (χ4v) is 0.463. The minimum Gasteiger partial charge on any atom is -0.367 e. The van der Waals surface area contributed by atoms with Gasteiger partial charge in [-0.1, -0.05) is 6.08 Å². The van der Waals surface area contributed by atoms with E-state index in [1.165, 1.54) is 0 Å². The molecule has 1 N–H and O–H groups in total. The molecule has 0 unspecified atom stereocenters. The number of dihydropyridines is 1. The van der Waals surface area contributed by atoms with Gasteiger partial charge in [-0.15, -0.1) is 0 Å². The number of nitrogens with zero attached hydrogens (tertiary/aromatic N) is 1. The second-order valence-electron chi connectivity index (χ2n) is 1.39. The summed E-state index contributed by atoms with van der Waals surface area (Å²) in [6, 6.07) is 2.56. The van der Waals surface area contributed by atoms with E-state index in [-0.39, 0.29) is 0 Å². The average Bonchev–Trinajstić information content (AvgIpc) is 1.90. The monoisotopic (exact) mass is 105 g/mol. The first kappa shape index (κ1) is 4.92. The van der Waals surface area contributed by atoms with Crippen LogP contribution >= 0.6 is 0 Å². The lowest BCUT2D eigenvalue weighted by molar-refractivity contribution is 0.995. The molecule has 0 spiro atoms. The fourth-order valence-electron chi connectivity index (χ4n) is 0.463. The molecule has 1 aliphatic rings. The van der Waals surface area contributed by atoms with Gasteiger partial charge >= 0.3 is 0 Å². The highest BCUT2D eigenvalue weighted by Crippen LogP contribution is 1.98. The van der Waals surface area contributed by atoms with E-state index in [0.29, 0.717) is 6.04 Å². The number of rotatable bonds is 0. The third kappa shape index (κ3) is 0.881. The summed E-state index contributed by atoms with van der Waals surface area (Å²) in [4.78, 5) is 0. The number of nitriles is 1. The Morgan fingerprint density at radius 1 is 1.50 bits per heavy atom. The van der Waals surface area contributed by atoms with Crippen molar-refractivity contribution in [2.45, 2.75) is 0 Å². The Morgan fingerprint density at radius 3 is 2.75 bits per heavy atom. The lowest BCUT2D eigenvalue weighted by atomic mass is 10.2. The normalized spacial score (nSPS) is 17.4. The maximum atomic E-state index is 8.26. The van der Waals surface area contributed by atoms with Crippen LogP contribution in [0.5, 0.6) is 0 Å². The second kappa shape index (κ2) is 2.17. The predicted octanol–water partition coefficient (Wildman–Crippen LogP) is 0.715. The highest BCUT2D eigenvalue weighted by molar-refractivity contribution is 5.30. The summed E-state index contributed by atoms with van der Waals surface area (Å²) in [5.74, 6) is 0. The van der Waals surface area contributed by atoms with Gasteiger partial charge in [0.2, 0.25) is 0 Å². The second-order valence-corrected chi connectivity index (χ2v) is 1.39. The number of nitrogens with one attached hydrogen (secondary N) is 1. The first-order chi connectivity index (χ1) is 3.93. The number of hydrogen-bond donors (Lipinski definition) is 1. The molecule has 0 saturated heterocycles. The van der Waals surface area contributed by atoms with E-state index in [2.05, 4.69) is 5.32 Å². The molecule has 1 radical (unpaired) electrons. The average molecular weight is 105 g/mol. The van der Waals surface area contributed by atoms with Gasteiger partial charge in [-0.2, -0.15) is 5.26 Å². The molecule has 2 nitrogen and oxygen atoms in total. The van der Waals surface area contributed by atoms with Gasteiger partial charge in [-0.3, -0.25) is 0 Å². The van der Waals surface area contributed by atoms with Crippen LogP contribution < -0.4 is 5.32 Å². The zero-order valence-electron chi connectivity index (χ0n) is 4.26. The Morgan fingerprint density at radius 2 is 2.38 bits per heavy atom. The van der Waals surface area contributed by atoms with Crippen molar-refractivity contribution in [2.24, 2.45) is 0 Å². The van der Waals surface area contributed by atoms with Gasteiger partial charge in [0.25, 0.3) is 0 Å². The highest BCUT2D eigenvalue weighted by atomic mass is 14.9. The molecule has 0 saturated carbocycles. The zero-order chi connectivity index (χ0) is 5.82. The summed E-state index contributed by atoms with van der Waals surface area (Å²) in [5.41, 5.74) is 0. The van der Waals surface area contributed by atoms with Crippen LogP contribution in [0.1, 0.15) is 0 Å². The van der Waals surface area contributed by atoms with Crippen LogP contribution in [0.4, 0.5) is 0 Å². The summed E-state index contributed by atoms with van der Waals surface area (Å²) >= 11 is 0. The van der Waals surface area contributed by atoms with Crippen molar-refractivity contribution in [3.8, 4) is 6.07 Å². The molecule has 0 atom stereocenters. The fraction of sp³-hybridized carbons (Fsp3) is 0. The Hall–Kier alpha value is -1.23. The third-order valence-electron chi connectivity index (χ3n) is 0.830. The molecule has 39 valence electrons. The van der Waals surface area contributed by atoms with Crippen LogP contribution in [-0.2, 0) is 0 Å². The van der Waals surface area contributed by atoms with E-state index in [1.54, 1.807) is 12.3 Å². The van der Waals surface area contributed by atoms with Gasteiger partial charge in [0.05, 0.1) is 6.07 Å². The Bertz CT molecular complexity index is 162. The summed E-state index contributed by atoms with van der Waals surface area (Å²) in [5, 5.41) is 11.0. The first-order valence-corrected chi connectivity index (χ1v) is 2.30. The van der Waals surface area contributed by atoms with Gasteiger partial charge in [0.1, 0.15) is 0 Å². The smallest absolute Gasteiger partial charge is 0.184 e. The lowest BCUT2D eigenvalue weighted by Crippen LogP contribution is -2.11. The molecular weight excluding hydrogens is 100 g/mol. The zero-order valence-corrected chi connectivity index (χ0v) is 4.26. The summed E-state index contributed by atoms with van der Waals surface area (Å²) in [6.07, 6.45) is 7.09. The SMILES string of the molecule is N#C[C]1C=CC=CN1. The topological polar surface area (TPSA) is 35.8 Å². The maximum Gasteiger partial charge on any atom is 0.184 e. The standard InChI is InChI=1S/C6H5N2/c7-5-6-3-1-2-4-8-6/h1-4,8H. The van der Waals surface area contributed by atoms with Gasteiger partial charge in [0.15, 0.2) is 6.04 Å². The van der Waals surface area contributed by atoms with E-state index in [1.807, 2.05) is 18.2 Å². The van der Waals surface area contributed by atoms with Crippen LogP contribution in [-0.4, -0.2) is 0 Å². The van der Waals surface area contributed by atoms with Crippen LogP contribution in [0.15, 0.2) is 24.4 Å². The van der Waals surface area contributed by atoms with Crippen molar-refractivity contribution >= 4 is 0 Å². The number of allylic oxidation sites excluding steroid dienone is 2. The maximum absolute atomic E-state index is 8.26. The third-order valence-corrected chi connectivity index (χ3v) is 0.830. The molecule has 0 fully saturated rings. The van der Waals surface area contributed by atoms with E-state index in [4.69, 9.17) is 5.26 Å². The van der Waals surface area contributed by atoms with Crippen LogP contribution in [0, 0.1) is 17.4 Å². The van der Waals surface area contributed by atoms with Crippen molar-refractivity contribution in [3.63, 3.8) is 0 Å². The molecule has 2 heteroatoms.